The summed E-state index contributed by atoms with van der Waals surface area (Å²) in [6, 6.07) is 10.9. The first kappa shape index (κ1) is 16.7. The summed E-state index contributed by atoms with van der Waals surface area (Å²) in [6.45, 7) is 7.08. The van der Waals surface area contributed by atoms with Gasteiger partial charge in [-0.3, -0.25) is 0 Å². The van der Waals surface area contributed by atoms with Crippen molar-refractivity contribution in [1.82, 2.24) is 4.90 Å². The van der Waals surface area contributed by atoms with Crippen molar-refractivity contribution in [3.63, 3.8) is 0 Å². The van der Waals surface area contributed by atoms with Gasteiger partial charge in [0.05, 0.1) is 8.07 Å². The predicted octanol–water partition coefficient (Wildman–Crippen LogP) is 3.64. The molecular formula is C17H26N3OSi+. The summed E-state index contributed by atoms with van der Waals surface area (Å²) in [5.41, 5.74) is 0.670. The molecule has 0 saturated carbocycles. The Morgan fingerprint density at radius 1 is 1.41 bits per heavy atom. The van der Waals surface area contributed by atoms with Gasteiger partial charge in [0.25, 0.3) is 0 Å². The van der Waals surface area contributed by atoms with Gasteiger partial charge >= 0.3 is 6.20 Å². The highest BCUT2D eigenvalue weighted by Gasteiger charge is 2.39. The fraction of sp³-hybridized carbons (Fsp3) is 0.529. The van der Waals surface area contributed by atoms with Crippen LogP contribution in [0.3, 0.4) is 0 Å². The number of diazo groups is 1. The van der Waals surface area contributed by atoms with E-state index in [0.717, 1.165) is 25.7 Å². The number of likely N-dealkylation sites (tertiary alicyclic amines) is 1. The summed E-state index contributed by atoms with van der Waals surface area (Å²) in [6.07, 6.45) is 5.13. The van der Waals surface area contributed by atoms with Crippen LogP contribution in [-0.2, 0) is 0 Å². The molecule has 0 radical (unpaired) electrons. The van der Waals surface area contributed by atoms with Gasteiger partial charge in [-0.2, -0.15) is 0 Å². The third-order valence-electron chi connectivity index (χ3n) is 4.80. The minimum atomic E-state index is -1.51. The summed E-state index contributed by atoms with van der Waals surface area (Å²) < 4.78 is 0. The molecule has 1 atom stereocenters. The SMILES string of the molecule is C[Si](C)(c1ccccc1)[C@H]1CCCN1CCC/C(O)=C/[N+]#N. The van der Waals surface area contributed by atoms with Gasteiger partial charge < -0.3 is 10.0 Å². The molecule has 0 unspecified atom stereocenters. The highest BCUT2D eigenvalue weighted by molar-refractivity contribution is 6.91. The van der Waals surface area contributed by atoms with Gasteiger partial charge in [-0.25, -0.2) is 0 Å². The molecule has 0 aromatic heterocycles. The number of hydrogen-bond donors (Lipinski definition) is 1. The van der Waals surface area contributed by atoms with Crippen LogP contribution in [0, 0.1) is 5.39 Å². The van der Waals surface area contributed by atoms with Gasteiger partial charge in [-0.05, 0) is 32.4 Å². The first-order chi connectivity index (χ1) is 10.6. The van der Waals surface area contributed by atoms with E-state index in [4.69, 9.17) is 5.39 Å². The van der Waals surface area contributed by atoms with Gasteiger partial charge in [0, 0.05) is 12.1 Å². The van der Waals surface area contributed by atoms with Crippen LogP contribution in [0.5, 0.6) is 0 Å². The van der Waals surface area contributed by atoms with Crippen molar-refractivity contribution in [2.45, 2.75) is 44.4 Å². The quantitative estimate of drug-likeness (QED) is 0.495. The van der Waals surface area contributed by atoms with Crippen LogP contribution in [0.15, 0.2) is 42.3 Å². The Hall–Kier alpha value is -1.64. The van der Waals surface area contributed by atoms with Gasteiger partial charge in [0.1, 0.15) is 0 Å². The molecule has 1 aromatic rings. The Kier molecular flexibility index (Phi) is 5.75. The fourth-order valence-corrected chi connectivity index (χ4v) is 7.10. The van der Waals surface area contributed by atoms with Crippen LogP contribution in [0.4, 0.5) is 0 Å². The van der Waals surface area contributed by atoms with E-state index in [2.05, 4.69) is 53.3 Å². The lowest BCUT2D eigenvalue weighted by Crippen LogP contribution is -2.57. The Labute approximate surface area is 134 Å². The molecule has 0 amide bonds. The lowest BCUT2D eigenvalue weighted by atomic mass is 10.2. The molecule has 5 heteroatoms. The summed E-state index contributed by atoms with van der Waals surface area (Å²) in [5, 5.41) is 19.5. The van der Waals surface area contributed by atoms with Crippen LogP contribution in [0.1, 0.15) is 25.7 Å². The number of hydrogen-bond acceptors (Lipinski definition) is 3. The summed E-state index contributed by atoms with van der Waals surface area (Å²) in [7, 11) is -1.51. The summed E-state index contributed by atoms with van der Waals surface area (Å²) in [5.74, 6) is 0.151. The number of aliphatic hydroxyl groups is 1. The normalized spacial score (nSPS) is 20.0. The minimum absolute atomic E-state index is 0.151. The molecule has 1 saturated heterocycles. The second-order valence-corrected chi connectivity index (χ2v) is 11.3. The van der Waals surface area contributed by atoms with E-state index < -0.39 is 8.07 Å². The maximum atomic E-state index is 9.52. The number of aliphatic hydroxyl groups excluding tert-OH is 1. The first-order valence-corrected chi connectivity index (χ1v) is 11.1. The Morgan fingerprint density at radius 2 is 2.14 bits per heavy atom. The number of rotatable bonds is 6. The van der Waals surface area contributed by atoms with Crippen LogP contribution in [0.25, 0.3) is 4.98 Å². The molecule has 1 fully saturated rings. The van der Waals surface area contributed by atoms with Crippen molar-refractivity contribution >= 4 is 13.3 Å². The molecule has 118 valence electrons. The Morgan fingerprint density at radius 3 is 2.82 bits per heavy atom. The third-order valence-corrected chi connectivity index (χ3v) is 8.94. The largest absolute Gasteiger partial charge is 0.505 e. The zero-order valence-electron chi connectivity index (χ0n) is 13.6. The average molecular weight is 317 g/mol. The van der Waals surface area contributed by atoms with Crippen LogP contribution in [-0.4, -0.2) is 36.8 Å². The second kappa shape index (κ2) is 7.57. The molecule has 1 aromatic carbocycles. The number of benzene rings is 1. The van der Waals surface area contributed by atoms with Gasteiger partial charge in [0.2, 0.25) is 5.39 Å². The van der Waals surface area contributed by atoms with Gasteiger partial charge in [-0.15, -0.1) is 0 Å². The molecular weight excluding hydrogens is 290 g/mol. The zero-order chi connectivity index (χ0) is 16.0. The van der Waals surface area contributed by atoms with E-state index in [0.29, 0.717) is 12.1 Å². The van der Waals surface area contributed by atoms with Crippen molar-refractivity contribution in [3.05, 3.63) is 47.3 Å². The van der Waals surface area contributed by atoms with E-state index in [1.54, 1.807) is 0 Å². The van der Waals surface area contributed by atoms with E-state index in [9.17, 15) is 5.11 Å². The van der Waals surface area contributed by atoms with E-state index in [1.165, 1.54) is 18.0 Å². The zero-order valence-corrected chi connectivity index (χ0v) is 14.6. The molecule has 1 aliphatic heterocycles. The molecule has 1 aliphatic rings. The standard InChI is InChI=1S/C17H25N3OSi/c1-22(2,16-9-4-3-5-10-16)17-11-7-13-20(17)12-6-8-15(21)14-19-18/h3-5,9-10,14,17H,6-8,11-13H2,1-2H3/p+1/b15-14-/t17-/m0/s1. The molecule has 2 rings (SSSR count). The van der Waals surface area contributed by atoms with Crippen LogP contribution in [0.2, 0.25) is 13.1 Å². The molecule has 1 N–H and O–H groups in total. The smallest absolute Gasteiger partial charge is 0.387 e. The van der Waals surface area contributed by atoms with Crippen molar-refractivity contribution in [2.75, 3.05) is 13.1 Å². The lowest BCUT2D eigenvalue weighted by Gasteiger charge is -2.37. The topological polar surface area (TPSA) is 51.6 Å². The van der Waals surface area contributed by atoms with Gasteiger partial charge in [0.15, 0.2) is 10.7 Å². The molecule has 1 heterocycles. The Bertz CT molecular complexity index is 551. The number of nitrogens with zero attached hydrogens (tertiary/aromatic N) is 3. The van der Waals surface area contributed by atoms with E-state index in [-0.39, 0.29) is 5.76 Å². The first-order valence-electron chi connectivity index (χ1n) is 8.07. The van der Waals surface area contributed by atoms with Crippen molar-refractivity contribution in [2.24, 2.45) is 0 Å². The molecule has 0 aliphatic carbocycles. The fourth-order valence-electron chi connectivity index (χ4n) is 3.57. The maximum absolute atomic E-state index is 9.52. The van der Waals surface area contributed by atoms with E-state index in [1.807, 2.05) is 0 Å². The highest BCUT2D eigenvalue weighted by atomic mass is 28.3. The van der Waals surface area contributed by atoms with Crippen molar-refractivity contribution < 1.29 is 5.11 Å². The third kappa shape index (κ3) is 3.96. The van der Waals surface area contributed by atoms with Crippen molar-refractivity contribution in [3.8, 4) is 0 Å². The van der Waals surface area contributed by atoms with E-state index >= 15 is 0 Å². The lowest BCUT2D eigenvalue weighted by molar-refractivity contribution is 0.290. The second-order valence-electron chi connectivity index (χ2n) is 6.62. The average Bonchev–Trinajstić information content (AvgIpc) is 2.98. The minimum Gasteiger partial charge on any atom is -0.505 e. The Balaban J connectivity index is 1.98. The maximum Gasteiger partial charge on any atom is 0.387 e. The monoisotopic (exact) mass is 316 g/mol. The molecule has 22 heavy (non-hydrogen) atoms. The predicted molar refractivity (Wildman–Crippen MR) is 93.2 cm³/mol. The van der Waals surface area contributed by atoms with Crippen LogP contribution >= 0.6 is 0 Å². The van der Waals surface area contributed by atoms with Crippen LogP contribution < -0.4 is 5.19 Å². The molecule has 0 bridgehead atoms. The summed E-state index contributed by atoms with van der Waals surface area (Å²) in [4.78, 5) is 5.46. The van der Waals surface area contributed by atoms with Gasteiger partial charge in [-0.1, -0.05) is 48.6 Å². The molecule has 0 spiro atoms. The summed E-state index contributed by atoms with van der Waals surface area (Å²) >= 11 is 0. The van der Waals surface area contributed by atoms with Crippen molar-refractivity contribution in [1.29, 1.82) is 5.39 Å². The molecule has 4 nitrogen and oxygen atoms in total. The number of allylic oxidation sites excluding steroid dienone is 1. The highest BCUT2D eigenvalue weighted by Crippen LogP contribution is 2.26.